The second-order valence-electron chi connectivity index (χ2n) is 7.82. The zero-order valence-corrected chi connectivity index (χ0v) is 17.5. The number of carbonyl (C=O) groups is 3. The number of rotatable bonds is 5. The molecule has 0 radical (unpaired) electrons. The Balaban J connectivity index is 1.53. The quantitative estimate of drug-likeness (QED) is 0.533. The van der Waals surface area contributed by atoms with E-state index in [0.29, 0.717) is 22.7 Å². The van der Waals surface area contributed by atoms with Gasteiger partial charge < -0.3 is 9.47 Å². The van der Waals surface area contributed by atoms with E-state index >= 15 is 0 Å². The first-order valence-electron chi connectivity index (χ1n) is 10.2. The van der Waals surface area contributed by atoms with Crippen LogP contribution in [0.2, 0.25) is 0 Å². The van der Waals surface area contributed by atoms with Crippen molar-refractivity contribution in [2.45, 2.75) is 12.1 Å². The Morgan fingerprint density at radius 3 is 2.09 bits per heavy atom. The van der Waals surface area contributed by atoms with Crippen molar-refractivity contribution in [2.75, 3.05) is 19.1 Å². The van der Waals surface area contributed by atoms with Gasteiger partial charge in [-0.15, -0.1) is 0 Å². The number of methoxy groups -OCH3 is 2. The zero-order chi connectivity index (χ0) is 22.4. The van der Waals surface area contributed by atoms with Gasteiger partial charge in [-0.05, 0) is 54.6 Å². The molecule has 3 aliphatic heterocycles. The van der Waals surface area contributed by atoms with Crippen LogP contribution in [0, 0.1) is 11.8 Å². The van der Waals surface area contributed by atoms with Crippen LogP contribution in [-0.2, 0) is 9.59 Å². The van der Waals surface area contributed by atoms with Gasteiger partial charge in [0, 0.05) is 11.8 Å². The van der Waals surface area contributed by atoms with Crippen LogP contribution in [0.5, 0.6) is 11.5 Å². The van der Waals surface area contributed by atoms with Gasteiger partial charge in [0.25, 0.3) is 0 Å². The number of allylic oxidation sites excluding steroid dienone is 1. The number of ketones is 1. The first-order valence-corrected chi connectivity index (χ1v) is 10.2. The highest BCUT2D eigenvalue weighted by atomic mass is 16.5. The Kier molecular flexibility index (Phi) is 4.77. The summed E-state index contributed by atoms with van der Waals surface area (Å²) in [6.07, 6.45) is 5.14. The Bertz CT molecular complexity index is 1140. The zero-order valence-electron chi connectivity index (χ0n) is 17.5. The summed E-state index contributed by atoms with van der Waals surface area (Å²) in [5, 5.41) is 5.96. The van der Waals surface area contributed by atoms with Crippen LogP contribution in [0.15, 0.2) is 65.8 Å². The normalized spacial score (nSPS) is 25.7. The number of hydrazone groups is 1. The number of imide groups is 1. The lowest BCUT2D eigenvalue weighted by atomic mass is 9.86. The summed E-state index contributed by atoms with van der Waals surface area (Å²) in [7, 11) is 3.10. The number of fused-ring (bicyclic) bond motifs is 3. The average molecular weight is 431 g/mol. The van der Waals surface area contributed by atoms with Crippen molar-refractivity contribution in [3.8, 4) is 11.5 Å². The molecule has 2 aromatic rings. The monoisotopic (exact) mass is 431 g/mol. The van der Waals surface area contributed by atoms with E-state index in [1.165, 1.54) is 4.90 Å². The van der Waals surface area contributed by atoms with Crippen molar-refractivity contribution >= 4 is 29.5 Å². The van der Waals surface area contributed by atoms with Gasteiger partial charge in [-0.2, -0.15) is 5.10 Å². The lowest BCUT2D eigenvalue weighted by molar-refractivity contribution is -0.123. The van der Waals surface area contributed by atoms with Crippen LogP contribution < -0.4 is 14.4 Å². The van der Waals surface area contributed by atoms with E-state index in [0.717, 1.165) is 0 Å². The van der Waals surface area contributed by atoms with Gasteiger partial charge >= 0.3 is 0 Å². The fourth-order valence-electron chi connectivity index (χ4n) is 4.75. The maximum Gasteiger partial charge on any atom is 0.240 e. The molecular formula is C24H21N3O5. The Morgan fingerprint density at radius 2 is 1.47 bits per heavy atom. The molecular weight excluding hydrogens is 410 g/mol. The molecule has 2 saturated heterocycles. The third-order valence-corrected chi connectivity index (χ3v) is 6.26. The number of carbonyl (C=O) groups excluding carboxylic acids is 3. The second kappa shape index (κ2) is 7.64. The predicted octanol–water partition coefficient (Wildman–Crippen LogP) is 2.30. The van der Waals surface area contributed by atoms with Gasteiger partial charge in [-0.1, -0.05) is 6.08 Å². The van der Waals surface area contributed by atoms with Gasteiger partial charge in [-0.25, -0.2) is 4.90 Å². The molecule has 32 heavy (non-hydrogen) atoms. The molecule has 5 rings (SSSR count). The lowest BCUT2D eigenvalue weighted by Gasteiger charge is -2.30. The number of Topliss-reactive ketones (excluding diaryl/α,β-unsaturated/α-hetero) is 1. The number of hydrogen-bond acceptors (Lipinski definition) is 7. The maximum atomic E-state index is 13.5. The summed E-state index contributed by atoms with van der Waals surface area (Å²) >= 11 is 0. The molecule has 2 fully saturated rings. The molecule has 8 heteroatoms. The largest absolute Gasteiger partial charge is 0.497 e. The third kappa shape index (κ3) is 2.90. The molecule has 8 nitrogen and oxygen atoms in total. The van der Waals surface area contributed by atoms with E-state index in [1.54, 1.807) is 80.1 Å². The molecule has 3 heterocycles. The minimum absolute atomic E-state index is 0.254. The molecule has 0 aliphatic carbocycles. The summed E-state index contributed by atoms with van der Waals surface area (Å²) in [6.45, 7) is 0. The molecule has 0 unspecified atom stereocenters. The first-order chi connectivity index (χ1) is 15.5. The minimum atomic E-state index is -0.876. The van der Waals surface area contributed by atoms with Gasteiger partial charge in [0.1, 0.15) is 17.5 Å². The summed E-state index contributed by atoms with van der Waals surface area (Å²) in [4.78, 5) is 41.7. The smallest absolute Gasteiger partial charge is 0.240 e. The minimum Gasteiger partial charge on any atom is -0.497 e. The van der Waals surface area contributed by atoms with Gasteiger partial charge in [-0.3, -0.25) is 19.4 Å². The van der Waals surface area contributed by atoms with E-state index < -0.39 is 29.8 Å². The maximum absolute atomic E-state index is 13.5. The fourth-order valence-corrected chi connectivity index (χ4v) is 4.75. The van der Waals surface area contributed by atoms with Crippen LogP contribution in [0.1, 0.15) is 10.4 Å². The van der Waals surface area contributed by atoms with Crippen LogP contribution in [0.4, 0.5) is 5.69 Å². The number of ether oxygens (including phenoxy) is 2. The molecule has 4 atom stereocenters. The Morgan fingerprint density at radius 1 is 0.875 bits per heavy atom. The number of amides is 2. The van der Waals surface area contributed by atoms with Crippen LogP contribution >= 0.6 is 0 Å². The number of nitrogens with zero attached hydrogens (tertiary/aromatic N) is 3. The van der Waals surface area contributed by atoms with Crippen molar-refractivity contribution in [3.63, 3.8) is 0 Å². The highest BCUT2D eigenvalue weighted by molar-refractivity contribution is 6.24. The van der Waals surface area contributed by atoms with Gasteiger partial charge in [0.05, 0.1) is 37.8 Å². The first kappa shape index (κ1) is 20.0. The fraction of sp³-hybridized carbons (Fsp3) is 0.250. The third-order valence-electron chi connectivity index (χ3n) is 6.26. The Hall–Kier alpha value is -3.94. The molecule has 3 aliphatic rings. The van der Waals surface area contributed by atoms with Crippen molar-refractivity contribution in [1.82, 2.24) is 5.01 Å². The highest BCUT2D eigenvalue weighted by Crippen LogP contribution is 2.46. The molecule has 2 aromatic carbocycles. The van der Waals surface area contributed by atoms with E-state index in [1.807, 2.05) is 6.08 Å². The number of benzene rings is 2. The molecule has 0 N–H and O–H groups in total. The van der Waals surface area contributed by atoms with E-state index in [-0.39, 0.29) is 11.7 Å². The molecule has 2 amide bonds. The molecule has 0 aromatic heterocycles. The van der Waals surface area contributed by atoms with Crippen LogP contribution in [-0.4, -0.2) is 55.1 Å². The van der Waals surface area contributed by atoms with Crippen LogP contribution in [0.25, 0.3) is 0 Å². The standard InChI is InChI=1S/C24H21N3O5/c1-31-16-9-5-14(6-10-16)22(28)21-20-19(18-4-3-13-25-27(18)21)23(29)26(24(20)30)15-7-11-17(32-2)12-8-15/h3-13,18-21H,1-2H3/t18-,19+,20-,21+/m1/s1. The molecule has 0 saturated carbocycles. The Labute approximate surface area is 184 Å². The van der Waals surface area contributed by atoms with Crippen molar-refractivity contribution in [1.29, 1.82) is 0 Å². The summed E-state index contributed by atoms with van der Waals surface area (Å²) < 4.78 is 10.3. The summed E-state index contributed by atoms with van der Waals surface area (Å²) in [5.41, 5.74) is 0.892. The van der Waals surface area contributed by atoms with Crippen LogP contribution in [0.3, 0.4) is 0 Å². The lowest BCUT2D eigenvalue weighted by Crippen LogP contribution is -2.46. The summed E-state index contributed by atoms with van der Waals surface area (Å²) in [5.74, 6) is -1.25. The van der Waals surface area contributed by atoms with Crippen molar-refractivity contribution in [2.24, 2.45) is 16.9 Å². The van der Waals surface area contributed by atoms with E-state index in [9.17, 15) is 14.4 Å². The van der Waals surface area contributed by atoms with Crippen molar-refractivity contribution in [3.05, 3.63) is 66.2 Å². The number of anilines is 1. The highest BCUT2D eigenvalue weighted by Gasteiger charge is 2.64. The number of hydrogen-bond donors (Lipinski definition) is 0. The van der Waals surface area contributed by atoms with Crippen molar-refractivity contribution < 1.29 is 23.9 Å². The molecule has 162 valence electrons. The molecule has 0 bridgehead atoms. The van der Waals surface area contributed by atoms with Gasteiger partial charge in [0.2, 0.25) is 11.8 Å². The van der Waals surface area contributed by atoms with Gasteiger partial charge in [0.15, 0.2) is 5.78 Å². The second-order valence-corrected chi connectivity index (χ2v) is 7.82. The average Bonchev–Trinajstić information content (AvgIpc) is 3.31. The van der Waals surface area contributed by atoms with E-state index in [4.69, 9.17) is 9.47 Å². The SMILES string of the molecule is COc1ccc(C(=O)[C@@H]2[C@@H]3C(=O)N(c4ccc(OC)cc4)C(=O)[C@H]3[C@H]3C=CC=NN32)cc1. The van der Waals surface area contributed by atoms with E-state index in [2.05, 4.69) is 5.10 Å². The topological polar surface area (TPSA) is 88.5 Å². The summed E-state index contributed by atoms with van der Waals surface area (Å²) in [6, 6.07) is 12.1. The molecule has 0 spiro atoms. The predicted molar refractivity (Wildman–Crippen MR) is 117 cm³/mol.